The third-order valence-corrected chi connectivity index (χ3v) is 7.87. The van der Waals surface area contributed by atoms with Gasteiger partial charge in [-0.2, -0.15) is 0 Å². The number of nitrogens with zero attached hydrogens (tertiary/aromatic N) is 4. The van der Waals surface area contributed by atoms with Gasteiger partial charge in [0.15, 0.2) is 0 Å². The maximum absolute atomic E-state index is 14.4. The maximum atomic E-state index is 14.4. The smallest absolute Gasteiger partial charge is 0.303 e. The average Bonchev–Trinajstić information content (AvgIpc) is 3.38. The zero-order chi connectivity index (χ0) is 33.3. The molecule has 1 fully saturated rings. The number of benzene rings is 1. The lowest BCUT2D eigenvalue weighted by Gasteiger charge is -2.28. The van der Waals surface area contributed by atoms with E-state index < -0.39 is 59.4 Å². The van der Waals surface area contributed by atoms with Gasteiger partial charge in [0.2, 0.25) is 23.6 Å². The molecule has 3 atom stereocenters. The van der Waals surface area contributed by atoms with Gasteiger partial charge in [0.05, 0.1) is 24.6 Å². The van der Waals surface area contributed by atoms with Crippen LogP contribution in [0, 0.1) is 5.82 Å². The van der Waals surface area contributed by atoms with Crippen LogP contribution >= 0.6 is 0 Å². The van der Waals surface area contributed by atoms with E-state index in [0.717, 1.165) is 18.7 Å². The molecule has 5 amide bonds. The first-order chi connectivity index (χ1) is 21.3. The number of fused-ring (bicyclic) bond motifs is 2. The number of hydrogen-bond donors (Lipinski definition) is 3. The summed E-state index contributed by atoms with van der Waals surface area (Å²) in [5, 5.41) is 14.4. The van der Waals surface area contributed by atoms with Crippen molar-refractivity contribution < 1.29 is 43.0 Å². The van der Waals surface area contributed by atoms with E-state index >= 15 is 0 Å². The molecule has 45 heavy (non-hydrogen) atoms. The summed E-state index contributed by atoms with van der Waals surface area (Å²) in [5.74, 6) is -4.20. The summed E-state index contributed by atoms with van der Waals surface area (Å²) >= 11 is 0. The molecule has 3 rings (SSSR count). The monoisotopic (exact) mass is 634 g/mol. The second-order valence-electron chi connectivity index (χ2n) is 11.7. The number of rotatable bonds is 9. The summed E-state index contributed by atoms with van der Waals surface area (Å²) in [6, 6.07) is 1.31. The molecule has 2 aliphatic heterocycles. The van der Waals surface area contributed by atoms with Crippen molar-refractivity contribution >= 4 is 35.5 Å². The van der Waals surface area contributed by atoms with E-state index in [1.165, 1.54) is 34.9 Å². The van der Waals surface area contributed by atoms with Crippen molar-refractivity contribution in [3.63, 3.8) is 0 Å². The number of carbonyl (C=O) groups is 6. The number of halogens is 1. The number of amides is 5. The molecule has 1 saturated heterocycles. The van der Waals surface area contributed by atoms with E-state index in [1.807, 2.05) is 19.0 Å². The van der Waals surface area contributed by atoms with Gasteiger partial charge in [-0.15, -0.1) is 0 Å². The molecule has 3 N–H and O–H groups in total. The predicted molar refractivity (Wildman–Crippen MR) is 160 cm³/mol. The molecule has 1 aromatic rings. The van der Waals surface area contributed by atoms with E-state index in [1.54, 1.807) is 0 Å². The molecule has 1 aromatic carbocycles. The number of carboxylic acid groups (broad SMARTS) is 1. The number of nitrogens with one attached hydrogen (secondary N) is 2. The van der Waals surface area contributed by atoms with Crippen molar-refractivity contribution in [3.8, 4) is 5.75 Å². The fourth-order valence-corrected chi connectivity index (χ4v) is 5.38. The number of ether oxygens (including phenoxy) is 1. The molecule has 15 heteroatoms. The van der Waals surface area contributed by atoms with Crippen LogP contribution in [0.5, 0.6) is 5.75 Å². The normalized spacial score (nSPS) is 21.4. The van der Waals surface area contributed by atoms with Crippen molar-refractivity contribution in [2.24, 2.45) is 0 Å². The first kappa shape index (κ1) is 35.2. The van der Waals surface area contributed by atoms with Crippen LogP contribution in [0.1, 0.15) is 48.9 Å². The molecule has 248 valence electrons. The van der Waals surface area contributed by atoms with Gasteiger partial charge in [0.1, 0.15) is 24.2 Å². The van der Waals surface area contributed by atoms with E-state index in [9.17, 15) is 33.2 Å². The Bertz CT molecular complexity index is 1280. The quantitative estimate of drug-likeness (QED) is 0.315. The Labute approximate surface area is 261 Å². The topological polar surface area (TPSA) is 169 Å². The van der Waals surface area contributed by atoms with Crippen LogP contribution < -0.4 is 15.4 Å². The van der Waals surface area contributed by atoms with Crippen molar-refractivity contribution in [1.29, 1.82) is 0 Å². The summed E-state index contributed by atoms with van der Waals surface area (Å²) < 4.78 is 20.4. The Hall–Kier alpha value is -4.27. The van der Waals surface area contributed by atoms with Gasteiger partial charge < -0.3 is 40.1 Å². The first-order valence-electron chi connectivity index (χ1n) is 14.9. The lowest BCUT2D eigenvalue weighted by Crippen LogP contribution is -2.49. The molecule has 0 unspecified atom stereocenters. The molecular formula is C30H43FN6O8. The largest absolute Gasteiger partial charge is 0.491 e. The van der Waals surface area contributed by atoms with E-state index in [0.29, 0.717) is 13.0 Å². The van der Waals surface area contributed by atoms with Crippen LogP contribution in [0.25, 0.3) is 0 Å². The van der Waals surface area contributed by atoms with Gasteiger partial charge in [-0.1, -0.05) is 0 Å². The molecule has 0 bridgehead atoms. The van der Waals surface area contributed by atoms with E-state index in [4.69, 9.17) is 9.84 Å². The van der Waals surface area contributed by atoms with E-state index in [-0.39, 0.29) is 63.1 Å². The zero-order valence-corrected chi connectivity index (χ0v) is 26.2. The first-order valence-corrected chi connectivity index (χ1v) is 14.9. The average molecular weight is 635 g/mol. The summed E-state index contributed by atoms with van der Waals surface area (Å²) in [7, 11) is 6.69. The van der Waals surface area contributed by atoms with Crippen LogP contribution in [0.2, 0.25) is 0 Å². The lowest BCUT2D eigenvalue weighted by molar-refractivity contribution is -0.140. The van der Waals surface area contributed by atoms with Crippen LogP contribution in [0.4, 0.5) is 4.39 Å². The number of carbonyl (C=O) groups excluding carboxylic acids is 5. The number of hydrogen-bond acceptors (Lipinski definition) is 8. The van der Waals surface area contributed by atoms with Gasteiger partial charge in [-0.25, -0.2) is 4.39 Å². The Morgan fingerprint density at radius 1 is 1.11 bits per heavy atom. The second-order valence-corrected chi connectivity index (χ2v) is 11.7. The summed E-state index contributed by atoms with van der Waals surface area (Å²) in [6.07, 6.45) is 0.191. The minimum Gasteiger partial charge on any atom is -0.491 e. The molecule has 0 radical (unpaired) electrons. The molecule has 0 saturated carbocycles. The van der Waals surface area contributed by atoms with Crippen LogP contribution in [0.15, 0.2) is 18.2 Å². The molecule has 2 aliphatic rings. The fraction of sp³-hybridized carbons (Fsp3) is 0.600. The molecule has 0 aromatic heterocycles. The summed E-state index contributed by atoms with van der Waals surface area (Å²) in [4.78, 5) is 82.5. The summed E-state index contributed by atoms with van der Waals surface area (Å²) in [6.45, 7) is 0.798. The highest BCUT2D eigenvalue weighted by Gasteiger charge is 2.38. The van der Waals surface area contributed by atoms with Crippen LogP contribution in [0.3, 0.4) is 0 Å². The van der Waals surface area contributed by atoms with Gasteiger partial charge in [0.25, 0.3) is 5.91 Å². The van der Waals surface area contributed by atoms with Crippen molar-refractivity contribution in [1.82, 2.24) is 30.2 Å². The minimum absolute atomic E-state index is 0.0403. The lowest BCUT2D eigenvalue weighted by atomic mass is 10.1. The highest BCUT2D eigenvalue weighted by atomic mass is 19.1. The van der Waals surface area contributed by atoms with Gasteiger partial charge in [-0.3, -0.25) is 28.8 Å². The number of likely N-dealkylation sites (N-methyl/N-ethyl adjacent to an activating group) is 2. The van der Waals surface area contributed by atoms with Gasteiger partial charge in [0, 0.05) is 46.1 Å². The Morgan fingerprint density at radius 2 is 1.84 bits per heavy atom. The molecule has 14 nitrogen and oxygen atoms in total. The minimum atomic E-state index is -1.11. The molecular weight excluding hydrogens is 591 g/mol. The Morgan fingerprint density at radius 3 is 2.53 bits per heavy atom. The molecule has 0 aliphatic carbocycles. The fourth-order valence-electron chi connectivity index (χ4n) is 5.38. The van der Waals surface area contributed by atoms with Crippen LogP contribution in [-0.4, -0.2) is 139 Å². The maximum Gasteiger partial charge on any atom is 0.303 e. The Balaban J connectivity index is 1.88. The third kappa shape index (κ3) is 10.1. The zero-order valence-electron chi connectivity index (χ0n) is 26.2. The van der Waals surface area contributed by atoms with E-state index in [2.05, 4.69) is 10.6 Å². The third-order valence-electron chi connectivity index (χ3n) is 7.87. The highest BCUT2D eigenvalue weighted by molar-refractivity contribution is 5.99. The highest BCUT2D eigenvalue weighted by Crippen LogP contribution is 2.26. The van der Waals surface area contributed by atoms with Crippen LogP contribution in [-0.2, 0) is 24.0 Å². The second kappa shape index (κ2) is 16.2. The van der Waals surface area contributed by atoms with Crippen molar-refractivity contribution in [3.05, 3.63) is 29.6 Å². The van der Waals surface area contributed by atoms with Crippen molar-refractivity contribution in [2.45, 2.75) is 56.7 Å². The summed E-state index contributed by atoms with van der Waals surface area (Å²) in [5.41, 5.74) is -0.129. The molecule has 2 heterocycles. The van der Waals surface area contributed by atoms with Crippen molar-refractivity contribution in [2.75, 3.05) is 61.0 Å². The molecule has 0 spiro atoms. The van der Waals surface area contributed by atoms with Gasteiger partial charge in [-0.05, 0) is 58.1 Å². The SMILES string of the molecule is CN(C)CCCNC(=O)[C@@H]1CCC(=O)N(C)CC(=O)N2C[C@@H](NC(=O)CCC(=O)O)C[C@H]2COc2ccc(F)cc2C(=O)N1C. The van der Waals surface area contributed by atoms with Gasteiger partial charge >= 0.3 is 5.97 Å². The predicted octanol–water partition coefficient (Wildman–Crippen LogP) is -0.0843. The number of aliphatic carboxylic acids is 1. The number of carboxylic acids is 1. The Kier molecular flexibility index (Phi) is 12.6. The standard InChI is InChI=1S/C30H43FN6O8/c1-34(2)13-5-12-32-29(43)23-7-10-26(39)35(3)17-27(40)37-16-20(33-25(38)9-11-28(41)42)15-21(37)18-45-24-8-6-19(31)14-22(24)30(44)36(23)4/h6,8,14,20-21,23H,5,7,9-13,15-18H2,1-4H3,(H,32,43)(H,33,38)(H,41,42)/t20-,21-,23-/m0/s1.